The summed E-state index contributed by atoms with van der Waals surface area (Å²) in [5.41, 5.74) is 7.36. The Hall–Kier alpha value is -3.20. The van der Waals surface area contributed by atoms with Crippen LogP contribution < -0.4 is 15.2 Å². The standard InChI is InChI=1S/C16H15N3O3.O2S/c1-9-3-4-14(18-8-9)22-11-5-10-6-12(16(17)20)19-15(10)13(7-11)21-2;1-3-2/h3-8,19H,1-2H3,(H2,17,20);. The summed E-state index contributed by atoms with van der Waals surface area (Å²) < 4.78 is 27.7. The number of rotatable bonds is 4. The fourth-order valence-electron chi connectivity index (χ4n) is 2.17. The smallest absolute Gasteiger partial charge is 0.335 e. The Morgan fingerprint density at radius 2 is 1.96 bits per heavy atom. The lowest BCUT2D eigenvalue weighted by Gasteiger charge is -2.08. The number of benzene rings is 1. The average molecular weight is 361 g/mol. The normalized spacial score (nSPS) is 9.84. The van der Waals surface area contributed by atoms with Gasteiger partial charge in [-0.1, -0.05) is 6.07 Å². The molecule has 0 aliphatic rings. The topological polar surface area (TPSA) is 124 Å². The fraction of sp³-hybridized carbons (Fsp3) is 0.125. The highest BCUT2D eigenvalue weighted by Gasteiger charge is 2.12. The summed E-state index contributed by atoms with van der Waals surface area (Å²) >= 11 is -0.750. The van der Waals surface area contributed by atoms with Crippen molar-refractivity contribution in [2.24, 2.45) is 5.73 Å². The molecule has 0 bridgehead atoms. The van der Waals surface area contributed by atoms with Crippen LogP contribution in [0.3, 0.4) is 0 Å². The van der Waals surface area contributed by atoms with Gasteiger partial charge in [0.1, 0.15) is 17.2 Å². The molecule has 8 nitrogen and oxygen atoms in total. The van der Waals surface area contributed by atoms with Gasteiger partial charge in [-0.2, -0.15) is 8.42 Å². The molecular weight excluding hydrogens is 346 g/mol. The first-order valence-corrected chi connectivity index (χ1v) is 7.68. The summed E-state index contributed by atoms with van der Waals surface area (Å²) in [5, 5.41) is 0.773. The Kier molecular flexibility index (Phi) is 5.85. The van der Waals surface area contributed by atoms with E-state index in [2.05, 4.69) is 9.97 Å². The number of fused-ring (bicyclic) bond motifs is 1. The Morgan fingerprint density at radius 3 is 2.52 bits per heavy atom. The number of ether oxygens (including phenoxy) is 2. The Morgan fingerprint density at radius 1 is 1.24 bits per heavy atom. The van der Waals surface area contributed by atoms with E-state index in [1.165, 1.54) is 0 Å². The number of carbonyl (C=O) groups is 1. The third-order valence-electron chi connectivity index (χ3n) is 3.26. The first kappa shape index (κ1) is 18.1. The summed E-state index contributed by atoms with van der Waals surface area (Å²) in [6, 6.07) is 8.89. The Bertz CT molecular complexity index is 931. The Balaban J connectivity index is 0.000000701. The zero-order valence-electron chi connectivity index (χ0n) is 13.4. The van der Waals surface area contributed by atoms with Crippen molar-refractivity contribution in [2.45, 2.75) is 6.92 Å². The van der Waals surface area contributed by atoms with Gasteiger partial charge in [0, 0.05) is 23.7 Å². The second kappa shape index (κ2) is 8.06. The van der Waals surface area contributed by atoms with Gasteiger partial charge >= 0.3 is 11.6 Å². The quantitative estimate of drug-likeness (QED) is 0.733. The second-order valence-electron chi connectivity index (χ2n) is 4.98. The van der Waals surface area contributed by atoms with Crippen LogP contribution in [0.5, 0.6) is 17.4 Å². The number of aryl methyl sites for hydroxylation is 1. The number of amides is 1. The van der Waals surface area contributed by atoms with Crippen LogP contribution in [-0.2, 0) is 11.6 Å². The molecule has 1 amide bonds. The summed E-state index contributed by atoms with van der Waals surface area (Å²) in [4.78, 5) is 18.4. The van der Waals surface area contributed by atoms with Gasteiger partial charge in [0.25, 0.3) is 5.91 Å². The molecule has 0 saturated carbocycles. The van der Waals surface area contributed by atoms with E-state index in [4.69, 9.17) is 23.6 Å². The van der Waals surface area contributed by atoms with E-state index in [9.17, 15) is 4.79 Å². The number of pyridine rings is 1. The van der Waals surface area contributed by atoms with E-state index in [1.807, 2.05) is 13.0 Å². The van der Waals surface area contributed by atoms with E-state index in [1.54, 1.807) is 37.6 Å². The van der Waals surface area contributed by atoms with Gasteiger partial charge in [-0.15, -0.1) is 0 Å². The molecule has 3 rings (SSSR count). The summed E-state index contributed by atoms with van der Waals surface area (Å²) in [6.07, 6.45) is 1.73. The lowest BCUT2D eigenvalue weighted by molar-refractivity contribution is 0.0996. The van der Waals surface area contributed by atoms with E-state index in [0.717, 1.165) is 10.9 Å². The maximum absolute atomic E-state index is 11.3. The van der Waals surface area contributed by atoms with E-state index < -0.39 is 17.5 Å². The molecule has 0 aliphatic carbocycles. The first-order chi connectivity index (χ1) is 12.0. The number of carbonyl (C=O) groups excluding carboxylic acids is 1. The van der Waals surface area contributed by atoms with Crippen molar-refractivity contribution in [3.63, 3.8) is 0 Å². The van der Waals surface area contributed by atoms with Crippen LogP contribution >= 0.6 is 0 Å². The van der Waals surface area contributed by atoms with Gasteiger partial charge in [-0.3, -0.25) is 4.79 Å². The molecule has 0 fully saturated rings. The van der Waals surface area contributed by atoms with Crippen LogP contribution in [0.25, 0.3) is 10.9 Å². The van der Waals surface area contributed by atoms with E-state index >= 15 is 0 Å². The monoisotopic (exact) mass is 361 g/mol. The predicted molar refractivity (Wildman–Crippen MR) is 91.3 cm³/mol. The van der Waals surface area contributed by atoms with Crippen LogP contribution in [0.1, 0.15) is 16.1 Å². The van der Waals surface area contributed by atoms with Gasteiger partial charge in [-0.05, 0) is 24.6 Å². The number of aromatic amines is 1. The van der Waals surface area contributed by atoms with Crippen LogP contribution in [0.2, 0.25) is 0 Å². The minimum atomic E-state index is -0.750. The molecule has 130 valence electrons. The highest BCUT2D eigenvalue weighted by Crippen LogP contribution is 2.33. The summed E-state index contributed by atoms with van der Waals surface area (Å²) in [5.74, 6) is 1.08. The lowest BCUT2D eigenvalue weighted by atomic mass is 10.2. The van der Waals surface area contributed by atoms with E-state index in [0.29, 0.717) is 28.6 Å². The highest BCUT2D eigenvalue weighted by molar-refractivity contribution is 7.51. The van der Waals surface area contributed by atoms with Gasteiger partial charge in [0.15, 0.2) is 0 Å². The van der Waals surface area contributed by atoms with Crippen LogP contribution in [0, 0.1) is 6.92 Å². The van der Waals surface area contributed by atoms with Gasteiger partial charge in [0.05, 0.1) is 12.6 Å². The molecule has 0 spiro atoms. The third-order valence-corrected chi connectivity index (χ3v) is 3.26. The van der Waals surface area contributed by atoms with Crippen molar-refractivity contribution in [1.82, 2.24) is 9.97 Å². The SMILES string of the molecule is COc1cc(Oc2ccc(C)cn2)cc2cc(C(N)=O)[nH]c12.O=S=O. The molecule has 0 atom stereocenters. The molecule has 0 radical (unpaired) electrons. The minimum Gasteiger partial charge on any atom is -0.494 e. The highest BCUT2D eigenvalue weighted by atomic mass is 32.1. The number of aromatic nitrogens is 2. The molecule has 3 N–H and O–H groups in total. The number of H-pyrrole nitrogens is 1. The van der Waals surface area contributed by atoms with Crippen LogP contribution in [0.4, 0.5) is 0 Å². The lowest BCUT2D eigenvalue weighted by Crippen LogP contribution is -2.10. The zero-order valence-corrected chi connectivity index (χ0v) is 14.3. The number of primary amides is 1. The summed E-state index contributed by atoms with van der Waals surface area (Å²) in [7, 11) is 1.55. The largest absolute Gasteiger partial charge is 0.494 e. The number of hydrogen-bond acceptors (Lipinski definition) is 6. The fourth-order valence-corrected chi connectivity index (χ4v) is 2.17. The van der Waals surface area contributed by atoms with E-state index in [-0.39, 0.29) is 0 Å². The average Bonchev–Trinajstić information content (AvgIpc) is 3.01. The minimum absolute atomic E-state index is 0.318. The maximum atomic E-state index is 11.3. The number of nitrogens with two attached hydrogens (primary N) is 1. The molecule has 2 aromatic heterocycles. The van der Waals surface area contributed by atoms with Crippen molar-refractivity contribution in [2.75, 3.05) is 7.11 Å². The predicted octanol–water partition coefficient (Wildman–Crippen LogP) is 2.10. The van der Waals surface area contributed by atoms with Crippen LogP contribution in [0.15, 0.2) is 36.5 Å². The summed E-state index contributed by atoms with van der Waals surface area (Å²) in [6.45, 7) is 1.96. The number of nitrogens with one attached hydrogen (secondary N) is 1. The molecule has 0 aliphatic heterocycles. The second-order valence-corrected chi connectivity index (χ2v) is 5.12. The number of hydrogen-bond donors (Lipinski definition) is 2. The van der Waals surface area contributed by atoms with Crippen molar-refractivity contribution in [1.29, 1.82) is 0 Å². The Labute approximate surface area is 146 Å². The number of methoxy groups -OCH3 is 1. The molecular formula is C16H15N3O5S. The molecule has 25 heavy (non-hydrogen) atoms. The van der Waals surface area contributed by atoms with Gasteiger partial charge < -0.3 is 20.2 Å². The molecule has 0 unspecified atom stereocenters. The number of nitrogens with zero attached hydrogens (tertiary/aromatic N) is 1. The first-order valence-electron chi connectivity index (χ1n) is 7.01. The molecule has 9 heteroatoms. The van der Waals surface area contributed by atoms with Gasteiger partial charge in [-0.25, -0.2) is 4.98 Å². The van der Waals surface area contributed by atoms with Crippen molar-refractivity contribution >= 4 is 28.4 Å². The molecule has 2 heterocycles. The van der Waals surface area contributed by atoms with Crippen LogP contribution in [-0.4, -0.2) is 31.4 Å². The zero-order chi connectivity index (χ0) is 18.4. The van der Waals surface area contributed by atoms with Gasteiger partial charge in [0.2, 0.25) is 5.88 Å². The maximum Gasteiger partial charge on any atom is 0.335 e. The molecule has 1 aromatic carbocycles. The van der Waals surface area contributed by atoms with Crippen molar-refractivity contribution < 1.29 is 22.7 Å². The molecule has 0 saturated heterocycles. The van der Waals surface area contributed by atoms with Crippen molar-refractivity contribution in [3.8, 4) is 17.4 Å². The van der Waals surface area contributed by atoms with Crippen molar-refractivity contribution in [3.05, 3.63) is 47.8 Å². The third kappa shape index (κ3) is 4.42. The molecule has 3 aromatic rings.